The molecule has 11 nitrogen and oxygen atoms in total. The molecular formula is C21H22F3N7O4S. The van der Waals surface area contributed by atoms with Gasteiger partial charge in [0.15, 0.2) is 5.69 Å². The molecule has 0 aromatic carbocycles. The molecule has 0 saturated carbocycles. The fraction of sp³-hybridized carbons (Fsp3) is 0.286. The summed E-state index contributed by atoms with van der Waals surface area (Å²) in [6.07, 6.45) is -3.06. The van der Waals surface area contributed by atoms with Crippen molar-refractivity contribution in [3.8, 4) is 27.6 Å². The zero-order valence-corrected chi connectivity index (χ0v) is 19.8. The number of ether oxygens (including phenoxy) is 1. The van der Waals surface area contributed by atoms with E-state index in [1.54, 1.807) is 6.92 Å². The number of hydrogen-bond donors (Lipinski definition) is 5. The van der Waals surface area contributed by atoms with E-state index < -0.39 is 29.9 Å². The van der Waals surface area contributed by atoms with Crippen LogP contribution < -0.4 is 26.6 Å². The molecule has 3 rings (SSSR count). The number of anilines is 1. The summed E-state index contributed by atoms with van der Waals surface area (Å²) in [4.78, 5) is 36.1. The van der Waals surface area contributed by atoms with E-state index in [0.29, 0.717) is 6.54 Å². The molecule has 3 amide bonds. The highest BCUT2D eigenvalue weighted by molar-refractivity contribution is 7.13. The van der Waals surface area contributed by atoms with Crippen LogP contribution in [0.3, 0.4) is 0 Å². The highest BCUT2D eigenvalue weighted by Gasteiger charge is 2.34. The molecule has 0 aliphatic heterocycles. The number of halogens is 3. The number of nitrogens with two attached hydrogens (primary N) is 1. The molecule has 0 fully saturated rings. The predicted octanol–water partition coefficient (Wildman–Crippen LogP) is 2.79. The van der Waals surface area contributed by atoms with Gasteiger partial charge in [-0.1, -0.05) is 0 Å². The molecule has 0 radical (unpaired) electrons. The van der Waals surface area contributed by atoms with E-state index in [1.807, 2.05) is 5.43 Å². The summed E-state index contributed by atoms with van der Waals surface area (Å²) in [6.45, 7) is 3.38. The lowest BCUT2D eigenvalue weighted by Crippen LogP contribution is -2.30. The van der Waals surface area contributed by atoms with Crippen LogP contribution in [0.4, 0.5) is 23.8 Å². The number of nitrogens with one attached hydrogen (secondary N) is 3. The third-order valence-electron chi connectivity index (χ3n) is 4.50. The van der Waals surface area contributed by atoms with Crippen LogP contribution in [-0.4, -0.2) is 51.3 Å². The Hall–Kier alpha value is -3.82. The number of urea groups is 1. The SMILES string of the molecule is CCNC(=O)Nc1cc(-c2nc(C(F)(F)F)cs2)c(-c2cc(C(=O)NN)cnc2OC[C@H](C)O)cn1. The Morgan fingerprint density at radius 1 is 1.19 bits per heavy atom. The minimum Gasteiger partial charge on any atom is -0.474 e. The number of alkyl halides is 3. The number of nitrogen functional groups attached to an aromatic ring is 1. The van der Waals surface area contributed by atoms with Crippen LogP contribution in [0.2, 0.25) is 0 Å². The van der Waals surface area contributed by atoms with Crippen molar-refractivity contribution in [1.82, 2.24) is 25.7 Å². The van der Waals surface area contributed by atoms with Crippen LogP contribution in [0.25, 0.3) is 21.7 Å². The second-order valence-electron chi connectivity index (χ2n) is 7.35. The molecule has 0 bridgehead atoms. The lowest BCUT2D eigenvalue weighted by Gasteiger charge is -2.16. The molecule has 15 heteroatoms. The van der Waals surface area contributed by atoms with E-state index in [2.05, 4.69) is 25.6 Å². The summed E-state index contributed by atoms with van der Waals surface area (Å²) in [5.74, 6) is 4.56. The Balaban J connectivity index is 2.21. The average Bonchev–Trinajstić information content (AvgIpc) is 3.33. The number of aromatic nitrogens is 3. The first-order chi connectivity index (χ1) is 17.0. The Morgan fingerprint density at radius 3 is 2.56 bits per heavy atom. The van der Waals surface area contributed by atoms with Crippen molar-refractivity contribution in [2.24, 2.45) is 5.84 Å². The fourth-order valence-electron chi connectivity index (χ4n) is 2.93. The number of nitrogens with zero attached hydrogens (tertiary/aromatic N) is 3. The Morgan fingerprint density at radius 2 is 1.94 bits per heavy atom. The third kappa shape index (κ3) is 6.44. The summed E-state index contributed by atoms with van der Waals surface area (Å²) >= 11 is 0.728. The molecule has 192 valence electrons. The molecule has 0 saturated heterocycles. The Labute approximate surface area is 206 Å². The third-order valence-corrected chi connectivity index (χ3v) is 5.38. The molecule has 6 N–H and O–H groups in total. The van der Waals surface area contributed by atoms with Crippen molar-refractivity contribution in [3.05, 3.63) is 41.2 Å². The average molecular weight is 526 g/mol. The standard InChI is InChI=1S/C21H22F3N7O4S/c1-3-26-20(34)30-16-5-13(19-29-15(9-36-19)21(22,23)24)14(7-27-16)12-4-11(17(33)31-25)6-28-18(12)35-8-10(2)32/h4-7,9-10,32H,3,8,25H2,1-2H3,(H,31,33)(H2,26,27,30,34)/t10-/m0/s1. The maximum Gasteiger partial charge on any atom is 0.434 e. The number of hydrazine groups is 1. The number of hydrogen-bond acceptors (Lipinski definition) is 9. The zero-order valence-electron chi connectivity index (χ0n) is 19.0. The lowest BCUT2D eigenvalue weighted by molar-refractivity contribution is -0.140. The number of carbonyl (C=O) groups is 2. The number of rotatable bonds is 8. The van der Waals surface area contributed by atoms with E-state index in [9.17, 15) is 27.9 Å². The van der Waals surface area contributed by atoms with Crippen molar-refractivity contribution in [3.63, 3.8) is 0 Å². The topological polar surface area (TPSA) is 164 Å². The molecule has 0 unspecified atom stereocenters. The van der Waals surface area contributed by atoms with E-state index in [0.717, 1.165) is 16.7 Å². The van der Waals surface area contributed by atoms with Crippen LogP contribution >= 0.6 is 11.3 Å². The van der Waals surface area contributed by atoms with Crippen LogP contribution in [0.1, 0.15) is 29.9 Å². The van der Waals surface area contributed by atoms with Crippen LogP contribution in [0.15, 0.2) is 29.9 Å². The van der Waals surface area contributed by atoms with Gasteiger partial charge in [-0.05, 0) is 26.0 Å². The summed E-state index contributed by atoms with van der Waals surface area (Å²) in [7, 11) is 0. The smallest absolute Gasteiger partial charge is 0.434 e. The summed E-state index contributed by atoms with van der Waals surface area (Å²) in [5, 5.41) is 15.5. The molecule has 3 aromatic heterocycles. The van der Waals surface area contributed by atoms with E-state index >= 15 is 0 Å². The summed E-state index contributed by atoms with van der Waals surface area (Å²) < 4.78 is 45.3. The van der Waals surface area contributed by atoms with Crippen molar-refractivity contribution in [2.45, 2.75) is 26.1 Å². The van der Waals surface area contributed by atoms with Crippen molar-refractivity contribution < 1.29 is 32.6 Å². The predicted molar refractivity (Wildman–Crippen MR) is 125 cm³/mol. The van der Waals surface area contributed by atoms with Gasteiger partial charge in [0, 0.05) is 41.0 Å². The van der Waals surface area contributed by atoms with E-state index in [-0.39, 0.29) is 45.6 Å². The van der Waals surface area contributed by atoms with Crippen LogP contribution in [-0.2, 0) is 6.18 Å². The number of aliphatic hydroxyl groups excluding tert-OH is 1. The molecular weight excluding hydrogens is 503 g/mol. The van der Waals surface area contributed by atoms with Gasteiger partial charge in [0.1, 0.15) is 17.4 Å². The minimum atomic E-state index is -4.67. The largest absolute Gasteiger partial charge is 0.474 e. The number of carbonyl (C=O) groups excluding carboxylic acids is 2. The maximum absolute atomic E-state index is 13.3. The van der Waals surface area contributed by atoms with Gasteiger partial charge in [0.2, 0.25) is 5.88 Å². The molecule has 36 heavy (non-hydrogen) atoms. The van der Waals surface area contributed by atoms with Gasteiger partial charge in [-0.3, -0.25) is 15.5 Å². The monoisotopic (exact) mass is 525 g/mol. The van der Waals surface area contributed by atoms with Gasteiger partial charge in [-0.15, -0.1) is 11.3 Å². The summed E-state index contributed by atoms with van der Waals surface area (Å²) in [6, 6.07) is 2.14. The van der Waals surface area contributed by atoms with E-state index in [4.69, 9.17) is 10.6 Å². The first kappa shape index (κ1) is 26.8. The molecule has 1 atom stereocenters. The van der Waals surface area contributed by atoms with Gasteiger partial charge in [0.25, 0.3) is 5.91 Å². The highest BCUT2D eigenvalue weighted by Crippen LogP contribution is 2.40. The van der Waals surface area contributed by atoms with Crippen LogP contribution in [0.5, 0.6) is 5.88 Å². The molecule has 0 aliphatic carbocycles. The van der Waals surface area contributed by atoms with Gasteiger partial charge in [0.05, 0.1) is 11.7 Å². The molecule has 0 spiro atoms. The second-order valence-corrected chi connectivity index (χ2v) is 8.20. The number of aliphatic hydroxyl groups is 1. The maximum atomic E-state index is 13.3. The normalized spacial score (nSPS) is 12.1. The van der Waals surface area contributed by atoms with Crippen LogP contribution in [0, 0.1) is 0 Å². The van der Waals surface area contributed by atoms with Crippen molar-refractivity contribution >= 4 is 29.1 Å². The lowest BCUT2D eigenvalue weighted by atomic mass is 10.0. The van der Waals surface area contributed by atoms with Crippen molar-refractivity contribution in [1.29, 1.82) is 0 Å². The molecule has 3 heterocycles. The number of thiazole rings is 1. The number of amides is 3. The minimum absolute atomic E-state index is 0.0236. The van der Waals surface area contributed by atoms with Gasteiger partial charge >= 0.3 is 12.2 Å². The Bertz CT molecular complexity index is 1250. The quantitative estimate of drug-likeness (QED) is 0.170. The summed E-state index contributed by atoms with van der Waals surface area (Å²) in [5.41, 5.74) is 1.45. The highest BCUT2D eigenvalue weighted by atomic mass is 32.1. The van der Waals surface area contributed by atoms with Gasteiger partial charge in [-0.2, -0.15) is 13.2 Å². The fourth-order valence-corrected chi connectivity index (χ4v) is 3.79. The molecule has 3 aromatic rings. The second kappa shape index (κ2) is 11.3. The molecule has 0 aliphatic rings. The van der Waals surface area contributed by atoms with Crippen molar-refractivity contribution in [2.75, 3.05) is 18.5 Å². The Kier molecular flexibility index (Phi) is 8.39. The van der Waals surface area contributed by atoms with Gasteiger partial charge in [-0.25, -0.2) is 25.6 Å². The first-order valence-corrected chi connectivity index (χ1v) is 11.3. The van der Waals surface area contributed by atoms with E-state index in [1.165, 1.54) is 31.5 Å². The number of pyridine rings is 2. The zero-order chi connectivity index (χ0) is 26.5. The first-order valence-electron chi connectivity index (χ1n) is 10.4. The van der Waals surface area contributed by atoms with Gasteiger partial charge < -0.3 is 15.2 Å².